The molecule has 0 spiro atoms. The Morgan fingerprint density at radius 3 is 2.56 bits per heavy atom. The van der Waals surface area contributed by atoms with Crippen LogP contribution < -0.4 is 0 Å². The molecular weight excluding hydrogens is 200 g/mol. The highest BCUT2D eigenvalue weighted by molar-refractivity contribution is 4.93. The molecule has 2 aliphatic rings. The molecule has 2 aliphatic carbocycles. The van der Waals surface area contributed by atoms with Crippen LogP contribution >= 0.6 is 0 Å². The second-order valence-electron chi connectivity index (χ2n) is 6.43. The highest BCUT2D eigenvalue weighted by Gasteiger charge is 2.43. The van der Waals surface area contributed by atoms with Crippen molar-refractivity contribution in [1.29, 1.82) is 0 Å². The summed E-state index contributed by atoms with van der Waals surface area (Å²) in [6.45, 7) is 5.19. The lowest BCUT2D eigenvalue weighted by molar-refractivity contribution is 0.0701. The summed E-state index contributed by atoms with van der Waals surface area (Å²) in [5.74, 6) is 2.65. The highest BCUT2D eigenvalue weighted by Crippen LogP contribution is 2.50. The van der Waals surface area contributed by atoms with Gasteiger partial charge in [-0.15, -0.1) is 0 Å². The number of fused-ring (bicyclic) bond motifs is 1. The number of aliphatic hydroxyl groups is 2. The zero-order valence-corrected chi connectivity index (χ0v) is 10.7. The lowest BCUT2D eigenvalue weighted by Crippen LogP contribution is -2.29. The van der Waals surface area contributed by atoms with Crippen molar-refractivity contribution >= 4 is 0 Å². The lowest BCUT2D eigenvalue weighted by atomic mass is 9.73. The topological polar surface area (TPSA) is 40.5 Å². The van der Waals surface area contributed by atoms with E-state index >= 15 is 0 Å². The van der Waals surface area contributed by atoms with Crippen LogP contribution in [0.3, 0.4) is 0 Å². The Morgan fingerprint density at radius 2 is 1.94 bits per heavy atom. The molecule has 5 unspecified atom stereocenters. The molecule has 16 heavy (non-hydrogen) atoms. The number of rotatable bonds is 2. The predicted octanol–water partition coefficient (Wildman–Crippen LogP) is 2.44. The number of hydrogen-bond donors (Lipinski definition) is 2. The average molecular weight is 226 g/mol. The van der Waals surface area contributed by atoms with Crippen LogP contribution in [0.1, 0.15) is 46.0 Å². The molecule has 2 rings (SSSR count). The molecule has 2 N–H and O–H groups in total. The van der Waals surface area contributed by atoms with Gasteiger partial charge in [-0.2, -0.15) is 0 Å². The second kappa shape index (κ2) is 4.66. The van der Waals surface area contributed by atoms with Gasteiger partial charge < -0.3 is 10.2 Å². The number of hydrogen-bond acceptors (Lipinski definition) is 2. The van der Waals surface area contributed by atoms with Gasteiger partial charge in [-0.3, -0.25) is 0 Å². The van der Waals surface area contributed by atoms with Crippen molar-refractivity contribution in [3.05, 3.63) is 0 Å². The highest BCUT2D eigenvalue weighted by atomic mass is 16.3. The molecule has 0 bridgehead atoms. The fourth-order valence-corrected chi connectivity index (χ4v) is 3.90. The maximum atomic E-state index is 9.58. The SMILES string of the molecule is CC1CC2C(CO)CCC2CCC1(C)CO. The first-order chi connectivity index (χ1) is 7.60. The van der Waals surface area contributed by atoms with Crippen LogP contribution in [-0.4, -0.2) is 23.4 Å². The van der Waals surface area contributed by atoms with E-state index in [0.717, 1.165) is 12.3 Å². The fraction of sp³-hybridized carbons (Fsp3) is 1.00. The second-order valence-corrected chi connectivity index (χ2v) is 6.43. The maximum absolute atomic E-state index is 9.58. The molecular formula is C14H26O2. The first kappa shape index (κ1) is 12.4. The van der Waals surface area contributed by atoms with Crippen molar-refractivity contribution < 1.29 is 10.2 Å². The van der Waals surface area contributed by atoms with Crippen LogP contribution in [0.5, 0.6) is 0 Å². The van der Waals surface area contributed by atoms with E-state index in [1.54, 1.807) is 0 Å². The molecule has 2 heteroatoms. The molecule has 2 nitrogen and oxygen atoms in total. The summed E-state index contributed by atoms with van der Waals surface area (Å²) < 4.78 is 0. The van der Waals surface area contributed by atoms with E-state index in [2.05, 4.69) is 13.8 Å². The minimum atomic E-state index is 0.115. The van der Waals surface area contributed by atoms with Crippen molar-refractivity contribution in [3.63, 3.8) is 0 Å². The molecule has 94 valence electrons. The van der Waals surface area contributed by atoms with Crippen LogP contribution in [0.15, 0.2) is 0 Å². The molecule has 0 saturated heterocycles. The third kappa shape index (κ3) is 2.02. The lowest BCUT2D eigenvalue weighted by Gasteiger charge is -2.33. The third-order valence-corrected chi connectivity index (χ3v) is 5.62. The van der Waals surface area contributed by atoms with E-state index in [9.17, 15) is 10.2 Å². The van der Waals surface area contributed by atoms with Crippen LogP contribution in [0.25, 0.3) is 0 Å². The summed E-state index contributed by atoms with van der Waals surface area (Å²) in [6, 6.07) is 0. The first-order valence-corrected chi connectivity index (χ1v) is 6.82. The zero-order valence-electron chi connectivity index (χ0n) is 10.7. The van der Waals surface area contributed by atoms with Gasteiger partial charge in [0.25, 0.3) is 0 Å². The van der Waals surface area contributed by atoms with Gasteiger partial charge in [0, 0.05) is 13.2 Å². The summed E-state index contributed by atoms with van der Waals surface area (Å²) in [6.07, 6.45) is 6.12. The molecule has 0 aromatic carbocycles. The average Bonchev–Trinajstić information content (AvgIpc) is 2.63. The van der Waals surface area contributed by atoms with Crippen LogP contribution in [0, 0.1) is 29.1 Å². The van der Waals surface area contributed by atoms with Gasteiger partial charge in [0.05, 0.1) is 0 Å². The van der Waals surface area contributed by atoms with Gasteiger partial charge in [-0.25, -0.2) is 0 Å². The number of aliphatic hydroxyl groups excluding tert-OH is 2. The molecule has 0 amide bonds. The predicted molar refractivity (Wildman–Crippen MR) is 65.0 cm³/mol. The van der Waals surface area contributed by atoms with E-state index in [1.165, 1.54) is 25.7 Å². The normalized spacial score (nSPS) is 48.8. The molecule has 0 aromatic rings. The fourth-order valence-electron chi connectivity index (χ4n) is 3.90. The Balaban J connectivity index is 2.11. The Morgan fingerprint density at radius 1 is 1.19 bits per heavy atom. The Bertz CT molecular complexity index is 241. The molecule has 0 radical (unpaired) electrons. The van der Waals surface area contributed by atoms with Crippen LogP contribution in [0.2, 0.25) is 0 Å². The monoisotopic (exact) mass is 226 g/mol. The van der Waals surface area contributed by atoms with Crippen molar-refractivity contribution in [1.82, 2.24) is 0 Å². The zero-order chi connectivity index (χ0) is 11.8. The van der Waals surface area contributed by atoms with Gasteiger partial charge in [0.15, 0.2) is 0 Å². The largest absolute Gasteiger partial charge is 0.396 e. The standard InChI is InChI=1S/C14H26O2/c1-10-7-13-11(3-4-12(13)8-15)5-6-14(10,2)9-16/h10-13,15-16H,3-9H2,1-2H3. The van der Waals surface area contributed by atoms with Gasteiger partial charge in [0.2, 0.25) is 0 Å². The molecule has 0 aliphatic heterocycles. The quantitative estimate of drug-likeness (QED) is 0.759. The Hall–Kier alpha value is -0.0800. The molecule has 0 heterocycles. The van der Waals surface area contributed by atoms with E-state index < -0.39 is 0 Å². The summed E-state index contributed by atoms with van der Waals surface area (Å²) in [4.78, 5) is 0. The van der Waals surface area contributed by atoms with Gasteiger partial charge in [-0.05, 0) is 61.2 Å². The summed E-state index contributed by atoms with van der Waals surface area (Å²) in [7, 11) is 0. The Kier molecular flexibility index (Phi) is 3.60. The molecule has 0 aromatic heterocycles. The molecule has 2 saturated carbocycles. The van der Waals surface area contributed by atoms with E-state index in [-0.39, 0.29) is 5.41 Å². The van der Waals surface area contributed by atoms with Gasteiger partial charge >= 0.3 is 0 Å². The van der Waals surface area contributed by atoms with Gasteiger partial charge in [0.1, 0.15) is 0 Å². The summed E-state index contributed by atoms with van der Waals surface area (Å²) >= 11 is 0. The van der Waals surface area contributed by atoms with E-state index in [1.807, 2.05) is 0 Å². The van der Waals surface area contributed by atoms with Crippen LogP contribution in [0.4, 0.5) is 0 Å². The summed E-state index contributed by atoms with van der Waals surface area (Å²) in [5, 5.41) is 19.0. The molecule has 2 fully saturated rings. The first-order valence-electron chi connectivity index (χ1n) is 6.82. The minimum Gasteiger partial charge on any atom is -0.396 e. The van der Waals surface area contributed by atoms with Crippen molar-refractivity contribution in [2.75, 3.05) is 13.2 Å². The van der Waals surface area contributed by atoms with E-state index in [4.69, 9.17) is 0 Å². The van der Waals surface area contributed by atoms with Crippen LogP contribution in [-0.2, 0) is 0 Å². The minimum absolute atomic E-state index is 0.115. The third-order valence-electron chi connectivity index (χ3n) is 5.62. The van der Waals surface area contributed by atoms with E-state index in [0.29, 0.717) is 31.0 Å². The smallest absolute Gasteiger partial charge is 0.0487 e. The van der Waals surface area contributed by atoms with Gasteiger partial charge in [-0.1, -0.05) is 13.8 Å². The maximum Gasteiger partial charge on any atom is 0.0487 e. The van der Waals surface area contributed by atoms with Crippen molar-refractivity contribution in [3.8, 4) is 0 Å². The van der Waals surface area contributed by atoms with Crippen molar-refractivity contribution in [2.24, 2.45) is 29.1 Å². The summed E-state index contributed by atoms with van der Waals surface area (Å²) in [5.41, 5.74) is 0.115. The van der Waals surface area contributed by atoms with Crippen molar-refractivity contribution in [2.45, 2.75) is 46.0 Å². The molecule has 5 atom stereocenters. The Labute approximate surface area is 99.1 Å².